The lowest BCUT2D eigenvalue weighted by atomic mass is 10.0. The summed E-state index contributed by atoms with van der Waals surface area (Å²) < 4.78 is 11.8. The van der Waals surface area contributed by atoms with Crippen LogP contribution in [-0.2, 0) is 18.0 Å². The summed E-state index contributed by atoms with van der Waals surface area (Å²) in [5, 5.41) is 8.75. The third-order valence-electron chi connectivity index (χ3n) is 4.84. The number of nitrogens with zero attached hydrogens (tertiary/aromatic N) is 2. The second-order valence-corrected chi connectivity index (χ2v) is 6.94. The minimum atomic E-state index is 0.165. The normalized spacial score (nSPS) is 13.6. The Kier molecular flexibility index (Phi) is 5.56. The Labute approximate surface area is 165 Å². The monoisotopic (exact) mass is 370 g/mol. The third kappa shape index (κ3) is 4.51. The predicted molar refractivity (Wildman–Crippen MR) is 108 cm³/mol. The molecule has 1 saturated heterocycles. The number of hydrogen-bond acceptors (Lipinski definition) is 4. The van der Waals surface area contributed by atoms with E-state index in [1.165, 1.54) is 0 Å². The molecule has 0 saturated carbocycles. The number of likely N-dealkylation sites (tertiary alicyclic amines) is 1. The van der Waals surface area contributed by atoms with Crippen LogP contribution in [0.25, 0.3) is 11.1 Å². The molecule has 140 valence electrons. The molecule has 0 radical (unpaired) electrons. The van der Waals surface area contributed by atoms with E-state index in [-0.39, 0.29) is 6.10 Å². The fourth-order valence-corrected chi connectivity index (χ4v) is 3.14. The molecular formula is C24H22N2O2. The molecule has 28 heavy (non-hydrogen) atoms. The second kappa shape index (κ2) is 8.60. The highest BCUT2D eigenvalue weighted by molar-refractivity contribution is 5.65. The van der Waals surface area contributed by atoms with Crippen LogP contribution in [0.4, 0.5) is 0 Å². The highest BCUT2D eigenvalue weighted by atomic mass is 16.5. The van der Waals surface area contributed by atoms with Crippen molar-refractivity contribution in [1.82, 2.24) is 4.90 Å². The van der Waals surface area contributed by atoms with Gasteiger partial charge in [-0.25, -0.2) is 0 Å². The predicted octanol–water partition coefficient (Wildman–Crippen LogP) is 4.61. The molecular weight excluding hydrogens is 348 g/mol. The van der Waals surface area contributed by atoms with Crippen LogP contribution in [0.5, 0.6) is 5.75 Å². The second-order valence-electron chi connectivity index (χ2n) is 6.94. The molecule has 3 aromatic rings. The molecule has 0 N–H and O–H groups in total. The SMILES string of the molecule is N#CN1CC(OCc2ccc(-c3cccc(OCc4ccccc4)c3)cc2)C1. The minimum absolute atomic E-state index is 0.165. The van der Waals surface area contributed by atoms with Gasteiger partial charge in [-0.05, 0) is 34.4 Å². The lowest BCUT2D eigenvalue weighted by Crippen LogP contribution is -2.49. The highest BCUT2D eigenvalue weighted by Crippen LogP contribution is 2.25. The van der Waals surface area contributed by atoms with Gasteiger partial charge in [-0.2, -0.15) is 5.26 Å². The molecule has 1 fully saturated rings. The van der Waals surface area contributed by atoms with Gasteiger partial charge in [-0.15, -0.1) is 0 Å². The van der Waals surface area contributed by atoms with E-state index in [9.17, 15) is 0 Å². The summed E-state index contributed by atoms with van der Waals surface area (Å²) in [5.74, 6) is 0.862. The molecule has 4 rings (SSSR count). The van der Waals surface area contributed by atoms with E-state index < -0.39 is 0 Å². The molecule has 4 heteroatoms. The van der Waals surface area contributed by atoms with Gasteiger partial charge < -0.3 is 14.4 Å². The molecule has 0 atom stereocenters. The highest BCUT2D eigenvalue weighted by Gasteiger charge is 2.26. The van der Waals surface area contributed by atoms with E-state index in [2.05, 4.69) is 54.7 Å². The summed E-state index contributed by atoms with van der Waals surface area (Å²) in [6, 6.07) is 26.7. The largest absolute Gasteiger partial charge is 0.489 e. The Hall–Kier alpha value is -3.29. The van der Waals surface area contributed by atoms with Crippen molar-refractivity contribution in [3.63, 3.8) is 0 Å². The fourth-order valence-electron chi connectivity index (χ4n) is 3.14. The van der Waals surface area contributed by atoms with Crippen LogP contribution in [0.3, 0.4) is 0 Å². The van der Waals surface area contributed by atoms with Crippen molar-refractivity contribution in [3.8, 4) is 23.1 Å². The zero-order chi connectivity index (χ0) is 19.2. The van der Waals surface area contributed by atoms with E-state index >= 15 is 0 Å². The molecule has 1 heterocycles. The summed E-state index contributed by atoms with van der Waals surface area (Å²) in [5.41, 5.74) is 4.56. The minimum Gasteiger partial charge on any atom is -0.489 e. The number of ether oxygens (including phenoxy) is 2. The van der Waals surface area contributed by atoms with Gasteiger partial charge in [-0.3, -0.25) is 0 Å². The molecule has 0 unspecified atom stereocenters. The topological polar surface area (TPSA) is 45.5 Å². The van der Waals surface area contributed by atoms with E-state index in [1.54, 1.807) is 4.90 Å². The maximum Gasteiger partial charge on any atom is 0.179 e. The summed E-state index contributed by atoms with van der Waals surface area (Å²) in [6.45, 7) is 2.53. The molecule has 0 amide bonds. The van der Waals surface area contributed by atoms with Crippen LogP contribution in [0.2, 0.25) is 0 Å². The van der Waals surface area contributed by atoms with Crippen molar-refractivity contribution in [2.75, 3.05) is 13.1 Å². The van der Waals surface area contributed by atoms with Gasteiger partial charge in [0.1, 0.15) is 12.4 Å². The van der Waals surface area contributed by atoms with E-state index in [0.29, 0.717) is 26.3 Å². The first-order valence-corrected chi connectivity index (χ1v) is 9.42. The zero-order valence-electron chi connectivity index (χ0n) is 15.6. The Morgan fingerprint density at radius 3 is 2.32 bits per heavy atom. The number of hydrogen-bond donors (Lipinski definition) is 0. The molecule has 0 aliphatic carbocycles. The Morgan fingerprint density at radius 2 is 1.57 bits per heavy atom. The summed E-state index contributed by atoms with van der Waals surface area (Å²) in [7, 11) is 0. The average Bonchev–Trinajstić information content (AvgIpc) is 2.73. The molecule has 0 aromatic heterocycles. The van der Waals surface area contributed by atoms with E-state index in [4.69, 9.17) is 14.7 Å². The first-order valence-electron chi connectivity index (χ1n) is 9.42. The summed E-state index contributed by atoms with van der Waals surface area (Å²) in [4.78, 5) is 1.70. The Balaban J connectivity index is 1.34. The fraction of sp³-hybridized carbons (Fsp3) is 0.208. The molecule has 4 nitrogen and oxygen atoms in total. The number of rotatable bonds is 7. The van der Waals surface area contributed by atoms with Crippen LogP contribution in [-0.4, -0.2) is 24.1 Å². The van der Waals surface area contributed by atoms with Gasteiger partial charge in [-0.1, -0.05) is 66.7 Å². The van der Waals surface area contributed by atoms with E-state index in [1.807, 2.05) is 30.3 Å². The maximum absolute atomic E-state index is 8.75. The quantitative estimate of drug-likeness (QED) is 0.570. The van der Waals surface area contributed by atoms with Crippen molar-refractivity contribution in [1.29, 1.82) is 5.26 Å². The summed E-state index contributed by atoms with van der Waals surface area (Å²) in [6.07, 6.45) is 2.29. The lowest BCUT2D eigenvalue weighted by molar-refractivity contribution is -0.0400. The van der Waals surface area contributed by atoms with Crippen molar-refractivity contribution in [3.05, 3.63) is 90.0 Å². The first-order chi connectivity index (χ1) is 13.8. The van der Waals surface area contributed by atoms with Gasteiger partial charge in [0.2, 0.25) is 0 Å². The van der Waals surface area contributed by atoms with Gasteiger partial charge in [0, 0.05) is 0 Å². The van der Waals surface area contributed by atoms with Gasteiger partial charge in [0.05, 0.1) is 25.8 Å². The molecule has 0 spiro atoms. The number of benzene rings is 3. The smallest absolute Gasteiger partial charge is 0.179 e. The first kappa shape index (κ1) is 18.1. The Bertz CT molecular complexity index is 942. The molecule has 1 aliphatic heterocycles. The van der Waals surface area contributed by atoms with Crippen LogP contribution in [0.1, 0.15) is 11.1 Å². The van der Waals surface area contributed by atoms with Crippen LogP contribution in [0, 0.1) is 11.5 Å². The standard InChI is InChI=1S/C24H22N2O2/c25-18-26-14-24(15-26)28-17-20-9-11-21(12-10-20)22-7-4-8-23(13-22)27-16-19-5-2-1-3-6-19/h1-13,24H,14-17H2. The van der Waals surface area contributed by atoms with Crippen molar-refractivity contribution >= 4 is 0 Å². The molecule has 1 aliphatic rings. The van der Waals surface area contributed by atoms with Crippen LogP contribution in [0.15, 0.2) is 78.9 Å². The van der Waals surface area contributed by atoms with Crippen LogP contribution >= 0.6 is 0 Å². The number of nitriles is 1. The van der Waals surface area contributed by atoms with Gasteiger partial charge in [0.15, 0.2) is 6.19 Å². The van der Waals surface area contributed by atoms with Gasteiger partial charge in [0.25, 0.3) is 0 Å². The molecule has 0 bridgehead atoms. The van der Waals surface area contributed by atoms with Crippen molar-refractivity contribution < 1.29 is 9.47 Å². The summed E-state index contributed by atoms with van der Waals surface area (Å²) >= 11 is 0. The Morgan fingerprint density at radius 1 is 0.821 bits per heavy atom. The lowest BCUT2D eigenvalue weighted by Gasteiger charge is -2.34. The van der Waals surface area contributed by atoms with Crippen molar-refractivity contribution in [2.24, 2.45) is 0 Å². The van der Waals surface area contributed by atoms with Crippen molar-refractivity contribution in [2.45, 2.75) is 19.3 Å². The third-order valence-corrected chi connectivity index (χ3v) is 4.84. The van der Waals surface area contributed by atoms with Gasteiger partial charge >= 0.3 is 0 Å². The maximum atomic E-state index is 8.75. The zero-order valence-corrected chi connectivity index (χ0v) is 15.6. The van der Waals surface area contributed by atoms with E-state index in [0.717, 1.165) is 28.0 Å². The molecule has 3 aromatic carbocycles. The van der Waals surface area contributed by atoms with Crippen LogP contribution < -0.4 is 4.74 Å². The average molecular weight is 370 g/mol.